The minimum Gasteiger partial charge on any atom is -0.422 e. The van der Waals surface area contributed by atoms with Crippen molar-refractivity contribution >= 4 is 51.1 Å². The van der Waals surface area contributed by atoms with Gasteiger partial charge in [0.1, 0.15) is 5.75 Å². The Morgan fingerprint density at radius 3 is 2.39 bits per heavy atom. The number of thiocarbonyl (C=S) groups is 1. The molecule has 7 heteroatoms. The molecular formula is C21H16BrN3O2S. The Morgan fingerprint density at radius 2 is 1.68 bits per heavy atom. The Hall–Kier alpha value is -3.03. The smallest absolute Gasteiger partial charge is 0.343 e. The molecule has 3 aromatic carbocycles. The monoisotopic (exact) mass is 453 g/mol. The van der Waals surface area contributed by atoms with Crippen molar-refractivity contribution in [2.75, 3.05) is 5.32 Å². The van der Waals surface area contributed by atoms with Crippen molar-refractivity contribution in [3.63, 3.8) is 0 Å². The first-order valence-electron chi connectivity index (χ1n) is 8.34. The third kappa shape index (κ3) is 5.73. The zero-order valence-corrected chi connectivity index (χ0v) is 17.0. The summed E-state index contributed by atoms with van der Waals surface area (Å²) in [5.74, 6) is -0.0451. The van der Waals surface area contributed by atoms with E-state index in [1.54, 1.807) is 42.5 Å². The number of nitrogens with zero attached hydrogens (tertiary/aromatic N) is 1. The van der Waals surface area contributed by atoms with Crippen LogP contribution in [0, 0.1) is 0 Å². The first-order chi connectivity index (χ1) is 13.6. The quantitative estimate of drug-likeness (QED) is 0.187. The van der Waals surface area contributed by atoms with E-state index < -0.39 is 5.97 Å². The number of hydrogen-bond acceptors (Lipinski definition) is 4. The minimum atomic E-state index is -0.438. The lowest BCUT2D eigenvalue weighted by atomic mass is 10.2. The van der Waals surface area contributed by atoms with E-state index in [-0.39, 0.29) is 0 Å². The molecular weight excluding hydrogens is 438 g/mol. The summed E-state index contributed by atoms with van der Waals surface area (Å²) in [7, 11) is 0. The first-order valence-corrected chi connectivity index (χ1v) is 9.54. The molecule has 0 saturated heterocycles. The highest BCUT2D eigenvalue weighted by molar-refractivity contribution is 9.10. The second-order valence-corrected chi connectivity index (χ2v) is 6.95. The highest BCUT2D eigenvalue weighted by Crippen LogP contribution is 2.23. The van der Waals surface area contributed by atoms with E-state index in [1.165, 1.54) is 6.21 Å². The van der Waals surface area contributed by atoms with E-state index in [0.717, 1.165) is 10.2 Å². The second-order valence-electron chi connectivity index (χ2n) is 5.63. The van der Waals surface area contributed by atoms with E-state index in [2.05, 4.69) is 31.8 Å². The number of ether oxygens (including phenoxy) is 1. The molecule has 140 valence electrons. The maximum Gasteiger partial charge on any atom is 0.343 e. The Bertz CT molecular complexity index is 995. The summed E-state index contributed by atoms with van der Waals surface area (Å²) in [6, 6.07) is 23.6. The van der Waals surface area contributed by atoms with Crippen LogP contribution in [0.4, 0.5) is 5.69 Å². The van der Waals surface area contributed by atoms with Crippen LogP contribution in [0.15, 0.2) is 88.4 Å². The summed E-state index contributed by atoms with van der Waals surface area (Å²) in [5, 5.41) is 7.50. The molecule has 0 atom stereocenters. The molecule has 0 bridgehead atoms. The highest BCUT2D eigenvalue weighted by Gasteiger charge is 2.11. The summed E-state index contributed by atoms with van der Waals surface area (Å²) in [5.41, 5.74) is 4.69. The van der Waals surface area contributed by atoms with E-state index in [9.17, 15) is 4.79 Å². The van der Waals surface area contributed by atoms with Gasteiger partial charge in [0.2, 0.25) is 0 Å². The van der Waals surface area contributed by atoms with Gasteiger partial charge in [-0.25, -0.2) is 4.79 Å². The lowest BCUT2D eigenvalue weighted by Crippen LogP contribution is -2.23. The van der Waals surface area contributed by atoms with Gasteiger partial charge >= 0.3 is 5.97 Å². The molecule has 0 aliphatic heterocycles. The zero-order chi connectivity index (χ0) is 19.8. The lowest BCUT2D eigenvalue weighted by molar-refractivity contribution is 0.0734. The fourth-order valence-electron chi connectivity index (χ4n) is 2.29. The molecule has 0 fully saturated rings. The van der Waals surface area contributed by atoms with Crippen LogP contribution in [0.3, 0.4) is 0 Å². The van der Waals surface area contributed by atoms with Crippen LogP contribution >= 0.6 is 28.1 Å². The first kappa shape index (κ1) is 19.7. The van der Waals surface area contributed by atoms with Crippen LogP contribution in [0.5, 0.6) is 5.75 Å². The Kier molecular flexibility index (Phi) is 6.89. The average Bonchev–Trinajstić information content (AvgIpc) is 2.71. The SMILES string of the molecule is O=C(Oc1ccc(Br)cc1/C=N\NC(=S)Nc1ccccc1)c1ccccc1. The summed E-state index contributed by atoms with van der Waals surface area (Å²) >= 11 is 8.63. The van der Waals surface area contributed by atoms with Crippen LogP contribution in [0.1, 0.15) is 15.9 Å². The molecule has 0 aliphatic rings. The van der Waals surface area contributed by atoms with Gasteiger partial charge in [-0.2, -0.15) is 5.10 Å². The Labute approximate surface area is 176 Å². The highest BCUT2D eigenvalue weighted by atomic mass is 79.9. The Morgan fingerprint density at radius 1 is 1.00 bits per heavy atom. The van der Waals surface area contributed by atoms with Gasteiger partial charge in [-0.3, -0.25) is 5.43 Å². The largest absolute Gasteiger partial charge is 0.422 e. The lowest BCUT2D eigenvalue weighted by Gasteiger charge is -2.09. The molecule has 0 saturated carbocycles. The van der Waals surface area contributed by atoms with Crippen molar-refractivity contribution in [3.8, 4) is 5.75 Å². The van der Waals surface area contributed by atoms with Crippen molar-refractivity contribution in [2.45, 2.75) is 0 Å². The summed E-state index contributed by atoms with van der Waals surface area (Å²) in [6.07, 6.45) is 1.54. The van der Waals surface area contributed by atoms with Gasteiger partial charge in [0, 0.05) is 15.7 Å². The predicted molar refractivity (Wildman–Crippen MR) is 119 cm³/mol. The van der Waals surface area contributed by atoms with Crippen LogP contribution in [0.25, 0.3) is 0 Å². The Balaban J connectivity index is 1.67. The summed E-state index contributed by atoms with van der Waals surface area (Å²) in [6.45, 7) is 0. The molecule has 0 aromatic heterocycles. The molecule has 0 unspecified atom stereocenters. The van der Waals surface area contributed by atoms with Gasteiger partial charge in [0.25, 0.3) is 0 Å². The number of halogens is 1. The molecule has 3 aromatic rings. The number of hydrogen-bond donors (Lipinski definition) is 2. The number of benzene rings is 3. The number of esters is 1. The van der Waals surface area contributed by atoms with Crippen LogP contribution < -0.4 is 15.5 Å². The van der Waals surface area contributed by atoms with Gasteiger partial charge < -0.3 is 10.1 Å². The fraction of sp³-hybridized carbons (Fsp3) is 0. The summed E-state index contributed by atoms with van der Waals surface area (Å²) < 4.78 is 6.34. The average molecular weight is 454 g/mol. The maximum atomic E-state index is 12.3. The number of carbonyl (C=O) groups is 1. The molecule has 5 nitrogen and oxygen atoms in total. The minimum absolute atomic E-state index is 0.347. The van der Waals surface area contributed by atoms with Gasteiger partial charge in [0.15, 0.2) is 5.11 Å². The van der Waals surface area contributed by atoms with Gasteiger partial charge in [-0.05, 0) is 54.7 Å². The van der Waals surface area contributed by atoms with Crippen molar-refractivity contribution < 1.29 is 9.53 Å². The predicted octanol–water partition coefficient (Wildman–Crippen LogP) is 4.99. The van der Waals surface area contributed by atoms with Gasteiger partial charge in [0.05, 0.1) is 11.8 Å². The van der Waals surface area contributed by atoms with E-state index in [4.69, 9.17) is 17.0 Å². The number of nitrogens with one attached hydrogen (secondary N) is 2. The normalized spacial score (nSPS) is 10.5. The van der Waals surface area contributed by atoms with Crippen molar-refractivity contribution in [2.24, 2.45) is 5.10 Å². The summed E-state index contributed by atoms with van der Waals surface area (Å²) in [4.78, 5) is 12.3. The second kappa shape index (κ2) is 9.77. The third-order valence-corrected chi connectivity index (χ3v) is 4.27. The third-order valence-electron chi connectivity index (χ3n) is 3.59. The van der Waals surface area contributed by atoms with Crippen molar-refractivity contribution in [1.29, 1.82) is 0 Å². The standard InChI is InChI=1S/C21H16BrN3O2S/c22-17-11-12-19(27-20(26)15-7-3-1-4-8-15)16(13-17)14-23-25-21(28)24-18-9-5-2-6-10-18/h1-14H,(H2,24,25,28)/b23-14-. The number of rotatable bonds is 5. The van der Waals surface area contributed by atoms with E-state index >= 15 is 0 Å². The van der Waals surface area contributed by atoms with Crippen LogP contribution in [-0.2, 0) is 0 Å². The molecule has 0 heterocycles. The van der Waals surface area contributed by atoms with Gasteiger partial charge in [-0.15, -0.1) is 0 Å². The van der Waals surface area contributed by atoms with Crippen molar-refractivity contribution in [1.82, 2.24) is 5.43 Å². The molecule has 2 N–H and O–H groups in total. The molecule has 0 amide bonds. The van der Waals surface area contributed by atoms with Gasteiger partial charge in [-0.1, -0.05) is 52.3 Å². The fourth-order valence-corrected chi connectivity index (χ4v) is 2.84. The molecule has 0 aliphatic carbocycles. The van der Waals surface area contributed by atoms with E-state index in [0.29, 0.717) is 22.0 Å². The van der Waals surface area contributed by atoms with E-state index in [1.807, 2.05) is 36.4 Å². The molecule has 0 radical (unpaired) electrons. The molecule has 0 spiro atoms. The number of carbonyl (C=O) groups excluding carboxylic acids is 1. The number of para-hydroxylation sites is 1. The van der Waals surface area contributed by atoms with Crippen LogP contribution in [-0.4, -0.2) is 17.3 Å². The number of hydrazone groups is 1. The number of anilines is 1. The molecule has 3 rings (SSSR count). The zero-order valence-electron chi connectivity index (χ0n) is 14.6. The van der Waals surface area contributed by atoms with Crippen LogP contribution in [0.2, 0.25) is 0 Å². The maximum absolute atomic E-state index is 12.3. The molecule has 28 heavy (non-hydrogen) atoms. The topological polar surface area (TPSA) is 62.7 Å². The van der Waals surface area contributed by atoms with Crippen molar-refractivity contribution in [3.05, 3.63) is 94.5 Å².